The Morgan fingerprint density at radius 1 is 1.21 bits per heavy atom. The van der Waals surface area contributed by atoms with Crippen LogP contribution < -0.4 is 10.2 Å². The first kappa shape index (κ1) is 20.6. The minimum atomic E-state index is -1.28. The first-order chi connectivity index (χ1) is 13.9. The van der Waals surface area contributed by atoms with Gasteiger partial charge < -0.3 is 4.74 Å². The summed E-state index contributed by atoms with van der Waals surface area (Å²) in [5.74, 6) is -3.23. The van der Waals surface area contributed by atoms with Gasteiger partial charge in [0.05, 0.1) is 23.5 Å². The molecule has 1 fully saturated rings. The molecule has 1 aliphatic rings. The number of esters is 1. The zero-order valence-electron chi connectivity index (χ0n) is 15.3. The predicted octanol–water partition coefficient (Wildman–Crippen LogP) is 3.07. The quantitative estimate of drug-likeness (QED) is 0.291. The number of rotatable bonds is 5. The maximum Gasteiger partial charge on any atom is 0.338 e. The van der Waals surface area contributed by atoms with E-state index in [-0.39, 0.29) is 6.61 Å². The van der Waals surface area contributed by atoms with Crippen molar-refractivity contribution >= 4 is 64.0 Å². The molecule has 1 heterocycles. The molecule has 0 radical (unpaired) electrons. The fourth-order valence-electron chi connectivity index (χ4n) is 2.64. The van der Waals surface area contributed by atoms with Crippen LogP contribution in [0.3, 0.4) is 0 Å². The Bertz CT molecular complexity index is 1000. The Hall–Kier alpha value is -3.08. The molecule has 4 amide bonds. The van der Waals surface area contributed by atoms with E-state index < -0.39 is 29.7 Å². The number of aliphatic imine (C=N–C) groups is 1. The highest BCUT2D eigenvalue weighted by Gasteiger charge is 2.40. The number of hydrogen-bond donors (Lipinski definition) is 1. The average molecular weight is 505 g/mol. The summed E-state index contributed by atoms with van der Waals surface area (Å²) in [6.07, 6.45) is 1.16. The molecule has 1 saturated heterocycles. The van der Waals surface area contributed by atoms with E-state index in [1.165, 1.54) is 6.07 Å². The lowest BCUT2D eigenvalue weighted by atomic mass is 10.1. The third-order valence-electron chi connectivity index (χ3n) is 4.02. The van der Waals surface area contributed by atoms with Crippen LogP contribution in [0.15, 0.2) is 53.5 Å². The standard InChI is InChI=1S/C20H16IN3O5/c1-2-29-19(27)12-4-3-5-14(10-12)22-11-16-17(25)23-20(28)24(18(16)26)15-8-6-13(21)7-9-15/h3-11,16H,2H2,1H3,(H,23,25,28)/t16-/m0/s1. The minimum Gasteiger partial charge on any atom is -0.462 e. The Morgan fingerprint density at radius 3 is 2.62 bits per heavy atom. The molecule has 2 aromatic rings. The maximum atomic E-state index is 12.8. The van der Waals surface area contributed by atoms with Gasteiger partial charge in [0.1, 0.15) is 0 Å². The number of urea groups is 1. The number of imide groups is 2. The van der Waals surface area contributed by atoms with Crippen LogP contribution in [0.5, 0.6) is 0 Å². The number of nitrogens with one attached hydrogen (secondary N) is 1. The molecule has 0 aliphatic carbocycles. The van der Waals surface area contributed by atoms with Crippen molar-refractivity contribution in [1.29, 1.82) is 0 Å². The van der Waals surface area contributed by atoms with Crippen LogP contribution in [0.4, 0.5) is 16.2 Å². The van der Waals surface area contributed by atoms with Crippen molar-refractivity contribution in [2.45, 2.75) is 6.92 Å². The van der Waals surface area contributed by atoms with Crippen LogP contribution in [0.2, 0.25) is 0 Å². The Balaban J connectivity index is 1.84. The molecule has 1 atom stereocenters. The van der Waals surface area contributed by atoms with E-state index >= 15 is 0 Å². The SMILES string of the molecule is CCOC(=O)c1cccc(N=C[C@H]2C(=O)NC(=O)N(c3ccc(I)cc3)C2=O)c1. The first-order valence-corrected chi connectivity index (χ1v) is 9.74. The van der Waals surface area contributed by atoms with Crippen molar-refractivity contribution in [3.05, 3.63) is 57.7 Å². The number of benzene rings is 2. The number of anilines is 1. The van der Waals surface area contributed by atoms with Gasteiger partial charge in [-0.25, -0.2) is 14.5 Å². The molecule has 0 saturated carbocycles. The zero-order chi connectivity index (χ0) is 21.0. The summed E-state index contributed by atoms with van der Waals surface area (Å²) in [6, 6.07) is 12.2. The highest BCUT2D eigenvalue weighted by atomic mass is 127. The number of carbonyl (C=O) groups excluding carboxylic acids is 4. The fourth-order valence-corrected chi connectivity index (χ4v) is 3.00. The van der Waals surface area contributed by atoms with Gasteiger partial charge >= 0.3 is 12.0 Å². The molecule has 29 heavy (non-hydrogen) atoms. The van der Waals surface area contributed by atoms with Gasteiger partial charge in [0.25, 0.3) is 5.91 Å². The average Bonchev–Trinajstić information content (AvgIpc) is 2.69. The van der Waals surface area contributed by atoms with E-state index in [9.17, 15) is 19.2 Å². The summed E-state index contributed by atoms with van der Waals surface area (Å²) < 4.78 is 5.88. The van der Waals surface area contributed by atoms with Crippen LogP contribution in [-0.2, 0) is 14.3 Å². The number of ether oxygens (including phenoxy) is 1. The lowest BCUT2D eigenvalue weighted by Crippen LogP contribution is -2.58. The molecular formula is C20H16IN3O5. The topological polar surface area (TPSA) is 105 Å². The molecule has 3 rings (SSSR count). The number of nitrogens with zero attached hydrogens (tertiary/aromatic N) is 2. The molecule has 1 N–H and O–H groups in total. The molecule has 0 aromatic heterocycles. The molecule has 8 nitrogen and oxygen atoms in total. The highest BCUT2D eigenvalue weighted by molar-refractivity contribution is 14.1. The Labute approximate surface area is 180 Å². The molecule has 0 unspecified atom stereocenters. The maximum absolute atomic E-state index is 12.8. The predicted molar refractivity (Wildman–Crippen MR) is 114 cm³/mol. The summed E-state index contributed by atoms with van der Waals surface area (Å²) >= 11 is 2.11. The normalized spacial score (nSPS) is 16.8. The Morgan fingerprint density at radius 2 is 1.93 bits per heavy atom. The second kappa shape index (κ2) is 8.95. The van der Waals surface area contributed by atoms with E-state index in [0.717, 1.165) is 14.7 Å². The lowest BCUT2D eigenvalue weighted by molar-refractivity contribution is -0.131. The summed E-state index contributed by atoms with van der Waals surface area (Å²) in [4.78, 5) is 54.0. The van der Waals surface area contributed by atoms with E-state index in [1.54, 1.807) is 49.4 Å². The van der Waals surface area contributed by atoms with Crippen molar-refractivity contribution < 1.29 is 23.9 Å². The van der Waals surface area contributed by atoms with E-state index in [0.29, 0.717) is 16.9 Å². The van der Waals surface area contributed by atoms with E-state index in [4.69, 9.17) is 4.74 Å². The monoisotopic (exact) mass is 505 g/mol. The van der Waals surface area contributed by atoms with Gasteiger partial charge in [0, 0.05) is 9.78 Å². The van der Waals surface area contributed by atoms with Gasteiger partial charge in [0.15, 0.2) is 5.92 Å². The Kier molecular flexibility index (Phi) is 6.37. The summed E-state index contributed by atoms with van der Waals surface area (Å²) in [7, 11) is 0. The van der Waals surface area contributed by atoms with E-state index in [2.05, 4.69) is 32.9 Å². The molecule has 0 bridgehead atoms. The largest absolute Gasteiger partial charge is 0.462 e. The van der Waals surface area contributed by atoms with Crippen LogP contribution in [0.25, 0.3) is 0 Å². The third-order valence-corrected chi connectivity index (χ3v) is 4.74. The second-order valence-corrected chi connectivity index (χ2v) is 7.22. The second-order valence-electron chi connectivity index (χ2n) is 5.97. The minimum absolute atomic E-state index is 0.242. The van der Waals surface area contributed by atoms with Gasteiger partial charge in [-0.3, -0.25) is 19.9 Å². The van der Waals surface area contributed by atoms with Crippen LogP contribution in [0, 0.1) is 9.49 Å². The van der Waals surface area contributed by atoms with E-state index in [1.807, 2.05) is 0 Å². The van der Waals surface area contributed by atoms with Crippen LogP contribution >= 0.6 is 22.6 Å². The van der Waals surface area contributed by atoms with Crippen LogP contribution in [0.1, 0.15) is 17.3 Å². The third kappa shape index (κ3) is 4.67. The van der Waals surface area contributed by atoms with Gasteiger partial charge in [-0.2, -0.15) is 0 Å². The molecule has 0 spiro atoms. The molecule has 2 aromatic carbocycles. The fraction of sp³-hybridized carbons (Fsp3) is 0.150. The van der Waals surface area contributed by atoms with Gasteiger partial charge in [-0.15, -0.1) is 0 Å². The van der Waals surface area contributed by atoms with Crippen molar-refractivity contribution in [3.8, 4) is 0 Å². The van der Waals surface area contributed by atoms with Crippen molar-refractivity contribution in [2.24, 2.45) is 10.9 Å². The molecule has 148 valence electrons. The summed E-state index contributed by atoms with van der Waals surface area (Å²) in [5.41, 5.74) is 1.02. The summed E-state index contributed by atoms with van der Waals surface area (Å²) in [6.45, 7) is 1.94. The first-order valence-electron chi connectivity index (χ1n) is 8.66. The number of carbonyl (C=O) groups is 4. The highest BCUT2D eigenvalue weighted by Crippen LogP contribution is 2.22. The number of halogens is 1. The zero-order valence-corrected chi connectivity index (χ0v) is 17.5. The van der Waals surface area contributed by atoms with Crippen molar-refractivity contribution in [1.82, 2.24) is 5.32 Å². The van der Waals surface area contributed by atoms with Gasteiger partial charge in [-0.05, 0) is 72.0 Å². The molecule has 9 heteroatoms. The van der Waals surface area contributed by atoms with Crippen molar-refractivity contribution in [3.63, 3.8) is 0 Å². The lowest BCUT2D eigenvalue weighted by Gasteiger charge is -2.28. The summed E-state index contributed by atoms with van der Waals surface area (Å²) in [5, 5.41) is 2.17. The number of hydrogen-bond acceptors (Lipinski definition) is 6. The molecular weight excluding hydrogens is 489 g/mol. The number of barbiturate groups is 1. The van der Waals surface area contributed by atoms with Gasteiger partial charge in [0.2, 0.25) is 5.91 Å². The van der Waals surface area contributed by atoms with Crippen molar-refractivity contribution in [2.75, 3.05) is 11.5 Å². The number of amides is 4. The smallest absolute Gasteiger partial charge is 0.338 e. The van der Waals surface area contributed by atoms with Gasteiger partial charge in [-0.1, -0.05) is 6.07 Å². The van der Waals surface area contributed by atoms with Crippen LogP contribution in [-0.4, -0.2) is 36.6 Å². The molecule has 1 aliphatic heterocycles.